The minimum atomic E-state index is 0.0373. The van der Waals surface area contributed by atoms with Gasteiger partial charge in [0.1, 0.15) is 0 Å². The van der Waals surface area contributed by atoms with E-state index in [1.165, 1.54) is 38.5 Å². The summed E-state index contributed by atoms with van der Waals surface area (Å²) in [6, 6.07) is 0. The molecule has 0 amide bonds. The Bertz CT molecular complexity index is 185. The van der Waals surface area contributed by atoms with Crippen molar-refractivity contribution >= 4 is 0 Å². The molecule has 0 radical (unpaired) electrons. The first-order chi connectivity index (χ1) is 8.86. The van der Waals surface area contributed by atoms with Gasteiger partial charge in [-0.3, -0.25) is 0 Å². The van der Waals surface area contributed by atoms with Gasteiger partial charge >= 0.3 is 0 Å². The predicted octanol–water partition coefficient (Wildman–Crippen LogP) is 3.64. The van der Waals surface area contributed by atoms with Gasteiger partial charge in [-0.2, -0.15) is 0 Å². The van der Waals surface area contributed by atoms with E-state index in [-0.39, 0.29) is 19.0 Å². The quantitative estimate of drug-likeness (QED) is 0.575. The minimum absolute atomic E-state index is 0.0373. The lowest BCUT2D eigenvalue weighted by Gasteiger charge is -2.11. The van der Waals surface area contributed by atoms with Crippen LogP contribution in [0.5, 0.6) is 0 Å². The number of ether oxygens (including phenoxy) is 2. The Balaban J connectivity index is 1.91. The van der Waals surface area contributed by atoms with Crippen LogP contribution in [-0.2, 0) is 9.47 Å². The Hall–Kier alpha value is -0.120. The molecule has 1 fully saturated rings. The second kappa shape index (κ2) is 10.8. The Morgan fingerprint density at radius 1 is 0.944 bits per heavy atom. The Labute approximate surface area is 112 Å². The van der Waals surface area contributed by atoms with Crippen LogP contribution in [0.15, 0.2) is 0 Å². The Kier molecular flexibility index (Phi) is 9.54. The van der Waals surface area contributed by atoms with Gasteiger partial charge in [0.15, 0.2) is 6.29 Å². The maximum Gasteiger partial charge on any atom is 0.158 e. The molecule has 3 nitrogen and oxygen atoms in total. The molecule has 0 spiro atoms. The maximum absolute atomic E-state index is 8.72. The maximum atomic E-state index is 8.72. The van der Waals surface area contributed by atoms with Crippen LogP contribution in [0, 0.1) is 0 Å². The Morgan fingerprint density at radius 3 is 2.44 bits per heavy atom. The van der Waals surface area contributed by atoms with Crippen molar-refractivity contribution in [3.05, 3.63) is 0 Å². The van der Waals surface area contributed by atoms with E-state index in [1.54, 1.807) is 0 Å². The van der Waals surface area contributed by atoms with Gasteiger partial charge in [-0.05, 0) is 32.1 Å². The first-order valence-electron chi connectivity index (χ1n) is 7.74. The van der Waals surface area contributed by atoms with E-state index in [4.69, 9.17) is 14.6 Å². The smallest absolute Gasteiger partial charge is 0.158 e. The second-order valence-electron chi connectivity index (χ2n) is 5.30. The third-order valence-electron chi connectivity index (χ3n) is 3.54. The van der Waals surface area contributed by atoms with Gasteiger partial charge in [-0.15, -0.1) is 0 Å². The van der Waals surface area contributed by atoms with Gasteiger partial charge < -0.3 is 14.6 Å². The number of hydrogen-bond acceptors (Lipinski definition) is 3. The molecule has 108 valence electrons. The van der Waals surface area contributed by atoms with Crippen LogP contribution in [0.2, 0.25) is 0 Å². The fourth-order valence-corrected chi connectivity index (χ4v) is 2.39. The second-order valence-corrected chi connectivity index (χ2v) is 5.30. The van der Waals surface area contributed by atoms with Crippen molar-refractivity contribution in [3.63, 3.8) is 0 Å². The molecular formula is C15H30O3. The van der Waals surface area contributed by atoms with Crippen molar-refractivity contribution < 1.29 is 14.6 Å². The predicted molar refractivity (Wildman–Crippen MR) is 73.5 cm³/mol. The lowest BCUT2D eigenvalue weighted by molar-refractivity contribution is -0.0644. The van der Waals surface area contributed by atoms with E-state index >= 15 is 0 Å². The average molecular weight is 258 g/mol. The molecule has 1 heterocycles. The van der Waals surface area contributed by atoms with Crippen molar-refractivity contribution in [3.8, 4) is 0 Å². The van der Waals surface area contributed by atoms with Gasteiger partial charge in [0.2, 0.25) is 0 Å². The molecule has 18 heavy (non-hydrogen) atoms. The van der Waals surface area contributed by atoms with E-state index < -0.39 is 0 Å². The van der Waals surface area contributed by atoms with Crippen molar-refractivity contribution in [1.29, 1.82) is 0 Å². The number of aliphatic hydroxyl groups is 1. The summed E-state index contributed by atoms with van der Waals surface area (Å²) in [6.07, 6.45) is 12.2. The molecule has 1 rings (SSSR count). The van der Waals surface area contributed by atoms with Crippen LogP contribution in [0.3, 0.4) is 0 Å². The van der Waals surface area contributed by atoms with Crippen molar-refractivity contribution in [1.82, 2.24) is 0 Å². The molecule has 0 bridgehead atoms. The molecule has 0 saturated carbocycles. The molecule has 0 aliphatic carbocycles. The zero-order valence-corrected chi connectivity index (χ0v) is 11.9. The van der Waals surface area contributed by atoms with Crippen LogP contribution in [-0.4, -0.2) is 30.7 Å². The monoisotopic (exact) mass is 258 g/mol. The third-order valence-corrected chi connectivity index (χ3v) is 3.54. The molecule has 0 aromatic carbocycles. The van der Waals surface area contributed by atoms with Crippen LogP contribution < -0.4 is 0 Å². The van der Waals surface area contributed by atoms with Gasteiger partial charge in [-0.1, -0.05) is 39.0 Å². The summed E-state index contributed by atoms with van der Waals surface area (Å²) in [6.45, 7) is 3.28. The van der Waals surface area contributed by atoms with Gasteiger partial charge in [0, 0.05) is 6.61 Å². The van der Waals surface area contributed by atoms with Crippen LogP contribution in [0.1, 0.15) is 71.1 Å². The summed E-state index contributed by atoms with van der Waals surface area (Å²) >= 11 is 0. The summed E-state index contributed by atoms with van der Waals surface area (Å²) < 4.78 is 11.5. The van der Waals surface area contributed by atoms with Crippen molar-refractivity contribution in [2.45, 2.75) is 83.5 Å². The zero-order chi connectivity index (χ0) is 13.1. The first kappa shape index (κ1) is 15.9. The Morgan fingerprint density at radius 2 is 1.67 bits per heavy atom. The molecule has 1 N–H and O–H groups in total. The van der Waals surface area contributed by atoms with Gasteiger partial charge in [0.25, 0.3) is 0 Å². The summed E-state index contributed by atoms with van der Waals surface area (Å²) in [5.41, 5.74) is 0. The highest BCUT2D eigenvalue weighted by atomic mass is 16.7. The fourth-order valence-electron chi connectivity index (χ4n) is 2.39. The van der Waals surface area contributed by atoms with E-state index in [9.17, 15) is 0 Å². The number of unbranched alkanes of at least 4 members (excludes halogenated alkanes) is 6. The summed E-state index contributed by atoms with van der Waals surface area (Å²) in [4.78, 5) is 0. The molecule has 1 saturated heterocycles. The summed E-state index contributed by atoms with van der Waals surface area (Å²) in [7, 11) is 0. The number of rotatable bonds is 11. The molecule has 0 aromatic rings. The van der Waals surface area contributed by atoms with E-state index in [1.807, 2.05) is 0 Å². The summed E-state index contributed by atoms with van der Waals surface area (Å²) in [5, 5.41) is 8.72. The SMILES string of the molecule is CCCCCCCCC1OCC(CCCCO)O1. The average Bonchev–Trinajstić information content (AvgIpc) is 2.82. The highest BCUT2D eigenvalue weighted by molar-refractivity contribution is 4.65. The minimum Gasteiger partial charge on any atom is -0.396 e. The normalized spacial score (nSPS) is 23.7. The van der Waals surface area contributed by atoms with Crippen LogP contribution in [0.25, 0.3) is 0 Å². The summed E-state index contributed by atoms with van der Waals surface area (Å²) in [5.74, 6) is 0. The topological polar surface area (TPSA) is 38.7 Å². The number of aliphatic hydroxyl groups excluding tert-OH is 1. The third kappa shape index (κ3) is 7.34. The molecule has 2 atom stereocenters. The van der Waals surface area contributed by atoms with Crippen LogP contribution >= 0.6 is 0 Å². The van der Waals surface area contributed by atoms with Gasteiger partial charge in [0.05, 0.1) is 12.7 Å². The standard InChI is InChI=1S/C15H30O3/c1-2-3-4-5-6-7-11-15-17-13-14(18-15)10-8-9-12-16/h14-16H,2-13H2,1H3. The van der Waals surface area contributed by atoms with Crippen LogP contribution in [0.4, 0.5) is 0 Å². The van der Waals surface area contributed by atoms with Crippen molar-refractivity contribution in [2.24, 2.45) is 0 Å². The van der Waals surface area contributed by atoms with Crippen molar-refractivity contribution in [2.75, 3.05) is 13.2 Å². The van der Waals surface area contributed by atoms with Gasteiger partial charge in [-0.25, -0.2) is 0 Å². The molecule has 2 unspecified atom stereocenters. The lowest BCUT2D eigenvalue weighted by Crippen LogP contribution is -2.12. The molecule has 0 aromatic heterocycles. The molecule has 3 heteroatoms. The lowest BCUT2D eigenvalue weighted by atomic mass is 10.1. The van der Waals surface area contributed by atoms with E-state index in [0.29, 0.717) is 0 Å². The highest BCUT2D eigenvalue weighted by Gasteiger charge is 2.24. The molecule has 1 aliphatic heterocycles. The van der Waals surface area contributed by atoms with E-state index in [2.05, 4.69) is 6.92 Å². The molecule has 1 aliphatic rings. The first-order valence-corrected chi connectivity index (χ1v) is 7.74. The number of hydrogen-bond donors (Lipinski definition) is 1. The highest BCUT2D eigenvalue weighted by Crippen LogP contribution is 2.21. The van der Waals surface area contributed by atoms with E-state index in [0.717, 1.165) is 32.3 Å². The largest absolute Gasteiger partial charge is 0.396 e. The molecular weight excluding hydrogens is 228 g/mol. The fraction of sp³-hybridized carbons (Fsp3) is 1.00. The zero-order valence-electron chi connectivity index (χ0n) is 11.9.